The summed E-state index contributed by atoms with van der Waals surface area (Å²) in [5.41, 5.74) is 3.59. The molecule has 0 spiro atoms. The molecule has 0 fully saturated rings. The Morgan fingerprint density at radius 3 is 3.06 bits per heavy atom. The third-order valence-corrected chi connectivity index (χ3v) is 2.32. The van der Waals surface area contributed by atoms with Crippen LogP contribution in [0.25, 0.3) is 0 Å². The van der Waals surface area contributed by atoms with Gasteiger partial charge in [-0.05, 0) is 24.6 Å². The molecular formula is C12H12N4. The summed E-state index contributed by atoms with van der Waals surface area (Å²) in [5.74, 6) is 0. The average Bonchev–Trinajstić information content (AvgIpc) is 2.80. The lowest BCUT2D eigenvalue weighted by Crippen LogP contribution is -2.01. The van der Waals surface area contributed by atoms with Gasteiger partial charge in [0.2, 0.25) is 0 Å². The maximum atomic E-state index is 8.99. The quantitative estimate of drug-likeness (QED) is 0.819. The minimum Gasteiger partial charge on any atom is -0.378 e. The number of rotatable bonds is 3. The number of imidazole rings is 1. The van der Waals surface area contributed by atoms with Crippen molar-refractivity contribution >= 4 is 5.69 Å². The molecule has 0 aliphatic rings. The third-order valence-electron chi connectivity index (χ3n) is 2.32. The van der Waals surface area contributed by atoms with E-state index >= 15 is 0 Å². The molecule has 2 N–H and O–H groups in total. The van der Waals surface area contributed by atoms with Gasteiger partial charge in [-0.15, -0.1) is 0 Å². The molecule has 0 unspecified atom stereocenters. The predicted molar refractivity (Wildman–Crippen MR) is 61.8 cm³/mol. The van der Waals surface area contributed by atoms with Crippen molar-refractivity contribution in [2.75, 3.05) is 5.32 Å². The second-order valence-electron chi connectivity index (χ2n) is 3.59. The molecule has 80 valence electrons. The van der Waals surface area contributed by atoms with Crippen LogP contribution in [0.4, 0.5) is 5.69 Å². The number of aromatic nitrogens is 2. The van der Waals surface area contributed by atoms with Gasteiger partial charge in [-0.1, -0.05) is 6.07 Å². The summed E-state index contributed by atoms with van der Waals surface area (Å²) in [6.07, 6.45) is 3.39. The van der Waals surface area contributed by atoms with Gasteiger partial charge in [-0.2, -0.15) is 5.26 Å². The van der Waals surface area contributed by atoms with Gasteiger partial charge in [-0.25, -0.2) is 4.98 Å². The maximum absolute atomic E-state index is 8.99. The molecule has 0 saturated heterocycles. The molecule has 0 amide bonds. The van der Waals surface area contributed by atoms with Gasteiger partial charge in [0.15, 0.2) is 0 Å². The van der Waals surface area contributed by atoms with Crippen molar-refractivity contribution < 1.29 is 0 Å². The zero-order valence-electron chi connectivity index (χ0n) is 8.99. The average molecular weight is 212 g/mol. The van der Waals surface area contributed by atoms with Gasteiger partial charge in [-0.3, -0.25) is 0 Å². The van der Waals surface area contributed by atoms with E-state index in [9.17, 15) is 0 Å². The maximum Gasteiger partial charge on any atom is 0.101 e. The first-order valence-corrected chi connectivity index (χ1v) is 5.01. The molecular weight excluding hydrogens is 200 g/mol. The van der Waals surface area contributed by atoms with Crippen LogP contribution in [0.15, 0.2) is 30.7 Å². The number of H-pyrrole nitrogens is 1. The number of hydrogen-bond donors (Lipinski definition) is 2. The number of aromatic amines is 1. The molecule has 0 bridgehead atoms. The van der Waals surface area contributed by atoms with E-state index in [0.29, 0.717) is 12.1 Å². The minimum atomic E-state index is 0.637. The van der Waals surface area contributed by atoms with Gasteiger partial charge < -0.3 is 10.3 Å². The first-order chi connectivity index (χ1) is 7.79. The highest BCUT2D eigenvalue weighted by Crippen LogP contribution is 2.16. The Kier molecular flexibility index (Phi) is 2.88. The van der Waals surface area contributed by atoms with Crippen LogP contribution >= 0.6 is 0 Å². The van der Waals surface area contributed by atoms with Gasteiger partial charge in [0, 0.05) is 6.20 Å². The fourth-order valence-corrected chi connectivity index (χ4v) is 1.48. The highest BCUT2D eigenvalue weighted by Gasteiger charge is 2.01. The number of nitrogens with zero attached hydrogens (tertiary/aromatic N) is 2. The van der Waals surface area contributed by atoms with E-state index in [4.69, 9.17) is 5.26 Å². The number of nitrogens with one attached hydrogen (secondary N) is 2. The summed E-state index contributed by atoms with van der Waals surface area (Å²) in [7, 11) is 0. The van der Waals surface area contributed by atoms with Crippen molar-refractivity contribution in [1.29, 1.82) is 5.26 Å². The molecule has 1 heterocycles. The molecule has 0 aliphatic heterocycles. The Bertz CT molecular complexity index is 508. The van der Waals surface area contributed by atoms with E-state index in [1.807, 2.05) is 25.1 Å². The van der Waals surface area contributed by atoms with Gasteiger partial charge in [0.05, 0.1) is 29.8 Å². The Balaban J connectivity index is 2.13. The first-order valence-electron chi connectivity index (χ1n) is 5.01. The Morgan fingerprint density at radius 1 is 1.50 bits per heavy atom. The smallest absolute Gasteiger partial charge is 0.101 e. The summed E-state index contributed by atoms with van der Waals surface area (Å²) in [5, 5.41) is 12.2. The fourth-order valence-electron chi connectivity index (χ4n) is 1.48. The Labute approximate surface area is 94.0 Å². The van der Waals surface area contributed by atoms with E-state index in [1.54, 1.807) is 12.5 Å². The van der Waals surface area contributed by atoms with Crippen molar-refractivity contribution in [2.45, 2.75) is 13.5 Å². The molecule has 0 saturated carbocycles. The van der Waals surface area contributed by atoms with E-state index < -0.39 is 0 Å². The van der Waals surface area contributed by atoms with Crippen molar-refractivity contribution in [1.82, 2.24) is 9.97 Å². The number of nitriles is 1. The second-order valence-corrected chi connectivity index (χ2v) is 3.59. The molecule has 4 nitrogen and oxygen atoms in total. The molecule has 0 atom stereocenters. The zero-order valence-corrected chi connectivity index (χ0v) is 8.99. The summed E-state index contributed by atoms with van der Waals surface area (Å²) in [6, 6.07) is 7.95. The van der Waals surface area contributed by atoms with E-state index in [1.165, 1.54) is 0 Å². The van der Waals surface area contributed by atoms with Crippen molar-refractivity contribution in [3.05, 3.63) is 47.5 Å². The molecule has 0 radical (unpaired) electrons. The number of hydrogen-bond acceptors (Lipinski definition) is 3. The molecule has 1 aromatic heterocycles. The standard InChI is InChI=1S/C12H12N4/c1-9-2-3-12(10(4-9)5-13)15-7-11-6-14-8-16-11/h2-4,6,8,15H,7H2,1H3,(H,14,16). The number of anilines is 1. The molecule has 1 aromatic carbocycles. The van der Waals surface area contributed by atoms with Crippen LogP contribution < -0.4 is 5.32 Å². The van der Waals surface area contributed by atoms with Crippen LogP contribution in [0.3, 0.4) is 0 Å². The zero-order chi connectivity index (χ0) is 11.4. The van der Waals surface area contributed by atoms with Crippen molar-refractivity contribution in [3.8, 4) is 6.07 Å². The highest BCUT2D eigenvalue weighted by atomic mass is 14.9. The summed E-state index contributed by atoms with van der Waals surface area (Å²) in [4.78, 5) is 6.93. The molecule has 2 rings (SSSR count). The summed E-state index contributed by atoms with van der Waals surface area (Å²) in [6.45, 7) is 2.61. The van der Waals surface area contributed by atoms with Crippen LogP contribution in [0.5, 0.6) is 0 Å². The molecule has 4 heteroatoms. The summed E-state index contributed by atoms with van der Waals surface area (Å²) >= 11 is 0. The lowest BCUT2D eigenvalue weighted by atomic mass is 10.1. The topological polar surface area (TPSA) is 64.5 Å². The number of aryl methyl sites for hydroxylation is 1. The Hall–Kier alpha value is -2.28. The lowest BCUT2D eigenvalue weighted by molar-refractivity contribution is 1.07. The second kappa shape index (κ2) is 4.49. The van der Waals surface area contributed by atoms with Crippen LogP contribution in [0, 0.1) is 18.3 Å². The lowest BCUT2D eigenvalue weighted by Gasteiger charge is -2.07. The monoisotopic (exact) mass is 212 g/mol. The predicted octanol–water partition coefficient (Wildman–Crippen LogP) is 2.20. The van der Waals surface area contributed by atoms with Gasteiger partial charge in [0.25, 0.3) is 0 Å². The van der Waals surface area contributed by atoms with E-state index in [-0.39, 0.29) is 0 Å². The van der Waals surface area contributed by atoms with Crippen LogP contribution in [-0.4, -0.2) is 9.97 Å². The van der Waals surface area contributed by atoms with Gasteiger partial charge in [0.1, 0.15) is 6.07 Å². The third kappa shape index (κ3) is 2.20. The van der Waals surface area contributed by atoms with E-state index in [0.717, 1.165) is 16.9 Å². The highest BCUT2D eigenvalue weighted by molar-refractivity contribution is 5.58. The van der Waals surface area contributed by atoms with Crippen LogP contribution in [-0.2, 0) is 6.54 Å². The normalized spacial score (nSPS) is 9.75. The van der Waals surface area contributed by atoms with E-state index in [2.05, 4.69) is 21.4 Å². The number of benzene rings is 1. The van der Waals surface area contributed by atoms with Gasteiger partial charge >= 0.3 is 0 Å². The fraction of sp³-hybridized carbons (Fsp3) is 0.167. The van der Waals surface area contributed by atoms with Crippen LogP contribution in [0.2, 0.25) is 0 Å². The first kappa shape index (κ1) is 10.2. The molecule has 16 heavy (non-hydrogen) atoms. The minimum absolute atomic E-state index is 0.637. The Morgan fingerprint density at radius 2 is 2.38 bits per heavy atom. The summed E-state index contributed by atoms with van der Waals surface area (Å²) < 4.78 is 0. The molecule has 0 aliphatic carbocycles. The SMILES string of the molecule is Cc1ccc(NCc2cnc[nH]2)c(C#N)c1. The largest absolute Gasteiger partial charge is 0.378 e. The van der Waals surface area contributed by atoms with Crippen molar-refractivity contribution in [2.24, 2.45) is 0 Å². The van der Waals surface area contributed by atoms with Crippen LogP contribution in [0.1, 0.15) is 16.8 Å². The molecule has 2 aromatic rings. The van der Waals surface area contributed by atoms with Crippen molar-refractivity contribution in [3.63, 3.8) is 0 Å².